The van der Waals surface area contributed by atoms with E-state index in [-0.39, 0.29) is 22.5 Å². The molecule has 36 heavy (non-hydrogen) atoms. The van der Waals surface area contributed by atoms with Crippen LogP contribution in [0.1, 0.15) is 0 Å². The molecule has 1 aromatic heterocycles. The third-order valence-electron chi connectivity index (χ3n) is 4.98. The number of phenols is 1. The van der Waals surface area contributed by atoms with Gasteiger partial charge in [-0.3, -0.25) is 9.35 Å². The molecule has 7 N–H and O–H groups in total. The van der Waals surface area contributed by atoms with Crippen molar-refractivity contribution in [3.63, 3.8) is 0 Å². The molecule has 0 aliphatic heterocycles. The molecule has 0 saturated carbocycles. The molecule has 0 fully saturated rings. The fourth-order valence-electron chi connectivity index (χ4n) is 3.19. The van der Waals surface area contributed by atoms with Crippen LogP contribution in [0.5, 0.6) is 17.2 Å². The molecule has 2 aromatic carbocycles. The molecule has 0 spiro atoms. The number of para-hydroxylation sites is 1. The van der Waals surface area contributed by atoms with E-state index in [1.165, 1.54) is 24.3 Å². The number of carboxylic acids is 1. The Hall–Kier alpha value is -3.73. The van der Waals surface area contributed by atoms with Crippen molar-refractivity contribution >= 4 is 27.3 Å². The van der Waals surface area contributed by atoms with Crippen LogP contribution in [0, 0.1) is 0 Å². The van der Waals surface area contributed by atoms with Crippen molar-refractivity contribution in [2.75, 3.05) is 6.61 Å². The van der Waals surface area contributed by atoms with Gasteiger partial charge in [0.05, 0.1) is 5.56 Å². The Kier molecular flexibility index (Phi) is 7.83. The first-order valence-corrected chi connectivity index (χ1v) is 11.3. The van der Waals surface area contributed by atoms with E-state index in [1.807, 2.05) is 0 Å². The Balaban J connectivity index is 1.94. The van der Waals surface area contributed by atoms with Crippen LogP contribution < -0.4 is 14.3 Å². The van der Waals surface area contributed by atoms with Crippen molar-refractivity contribution < 1.29 is 61.7 Å². The molecule has 1 heterocycles. The van der Waals surface area contributed by atoms with Crippen molar-refractivity contribution in [3.05, 3.63) is 52.9 Å². The molecule has 3 rings (SSSR count). The van der Waals surface area contributed by atoms with Crippen LogP contribution in [0.25, 0.3) is 22.1 Å². The third-order valence-corrected chi connectivity index (χ3v) is 5.37. The summed E-state index contributed by atoms with van der Waals surface area (Å²) in [6.07, 6.45) is -7.73. The maximum Gasteiger partial charge on any atom is 0.446 e. The number of benzene rings is 2. The minimum Gasteiger partial charge on any atom is -0.504 e. The number of fused-ring (bicyclic) bond motifs is 1. The summed E-state index contributed by atoms with van der Waals surface area (Å²) in [5.74, 6) is -3.39. The summed E-state index contributed by atoms with van der Waals surface area (Å²) in [7, 11) is -4.93. The smallest absolute Gasteiger partial charge is 0.446 e. The predicted molar refractivity (Wildman–Crippen MR) is 119 cm³/mol. The van der Waals surface area contributed by atoms with Gasteiger partial charge in [0.2, 0.25) is 5.43 Å². The minimum atomic E-state index is -4.93. The van der Waals surface area contributed by atoms with Gasteiger partial charge in [-0.1, -0.05) is 18.2 Å². The van der Waals surface area contributed by atoms with Crippen molar-refractivity contribution in [2.45, 2.75) is 24.4 Å². The molecule has 0 amide bonds. The quantitative estimate of drug-likeness (QED) is 0.160. The van der Waals surface area contributed by atoms with Crippen LogP contribution in [0.2, 0.25) is 0 Å². The number of hydrogen-bond donors (Lipinski definition) is 7. The minimum absolute atomic E-state index is 0.0963. The zero-order valence-electron chi connectivity index (χ0n) is 18.0. The predicted octanol–water partition coefficient (Wildman–Crippen LogP) is -0.746. The van der Waals surface area contributed by atoms with Gasteiger partial charge in [0.1, 0.15) is 42.2 Å². The molecule has 14 nitrogen and oxygen atoms in total. The van der Waals surface area contributed by atoms with Crippen molar-refractivity contribution in [1.82, 2.24) is 0 Å². The number of aromatic hydroxyl groups is 1. The van der Waals surface area contributed by atoms with Gasteiger partial charge in [-0.15, -0.1) is 0 Å². The van der Waals surface area contributed by atoms with E-state index >= 15 is 0 Å². The molecule has 0 unspecified atom stereocenters. The molecule has 3 aromatic rings. The van der Waals surface area contributed by atoms with E-state index in [0.29, 0.717) is 0 Å². The lowest BCUT2D eigenvalue weighted by molar-refractivity contribution is -0.163. The molecule has 4 atom stereocenters. The lowest BCUT2D eigenvalue weighted by Gasteiger charge is -2.24. The SMILES string of the molecule is O=C(O)[C@@H](O)[C@@H](O)[C@H](O)[C@@H](O)COc1ccc2occ(-c3ccccc3OS(=O)(=O)O)c(=O)c2c1O. The van der Waals surface area contributed by atoms with Crippen LogP contribution in [0.3, 0.4) is 0 Å². The lowest BCUT2D eigenvalue weighted by atomic mass is 10.0. The average molecular weight is 528 g/mol. The summed E-state index contributed by atoms with van der Waals surface area (Å²) in [5, 5.41) is 57.6. The molecule has 15 heteroatoms. The standard InChI is InChI=1S/C21H20O14S/c22-11(17(24)19(26)20(27)21(28)29)8-34-14-6-5-13-15(18(14)25)16(23)10(7-33-13)9-3-1-2-4-12(9)35-36(30,31)32/h1-7,11,17,19-20,22,24-27H,8H2,(H,28,29)(H,30,31,32)/t11-,17+,19-,20-/m0/s1. The summed E-state index contributed by atoms with van der Waals surface area (Å²) >= 11 is 0. The van der Waals surface area contributed by atoms with Gasteiger partial charge in [0, 0.05) is 5.56 Å². The fourth-order valence-corrected chi connectivity index (χ4v) is 3.57. The zero-order chi connectivity index (χ0) is 26.8. The fraction of sp³-hybridized carbons (Fsp3) is 0.238. The monoisotopic (exact) mass is 528 g/mol. The lowest BCUT2D eigenvalue weighted by Crippen LogP contribution is -2.49. The number of ether oxygens (including phenoxy) is 1. The van der Waals surface area contributed by atoms with E-state index in [9.17, 15) is 43.5 Å². The van der Waals surface area contributed by atoms with Crippen LogP contribution >= 0.6 is 0 Å². The van der Waals surface area contributed by atoms with E-state index < -0.39 is 69.7 Å². The second-order valence-electron chi connectivity index (χ2n) is 7.41. The molecule has 194 valence electrons. The number of hydrogen-bond acceptors (Lipinski definition) is 12. The third kappa shape index (κ3) is 5.73. The first-order chi connectivity index (χ1) is 16.8. The van der Waals surface area contributed by atoms with Gasteiger partial charge >= 0.3 is 16.4 Å². The highest BCUT2D eigenvalue weighted by atomic mass is 32.3. The molecular weight excluding hydrogens is 508 g/mol. The zero-order valence-corrected chi connectivity index (χ0v) is 18.8. The van der Waals surface area contributed by atoms with Gasteiger partial charge in [-0.05, 0) is 18.2 Å². The number of aliphatic hydroxyl groups is 4. The summed E-state index contributed by atoms with van der Waals surface area (Å²) < 4.78 is 46.3. The van der Waals surface area contributed by atoms with Gasteiger partial charge in [-0.2, -0.15) is 8.42 Å². The number of carboxylic acid groups (broad SMARTS) is 1. The maximum atomic E-state index is 13.1. The first kappa shape index (κ1) is 26.9. The summed E-state index contributed by atoms with van der Waals surface area (Å²) in [5.41, 5.74) is -1.31. The van der Waals surface area contributed by atoms with Gasteiger partial charge in [-0.25, -0.2) is 4.79 Å². The number of aliphatic carboxylic acids is 1. The highest BCUT2D eigenvalue weighted by Gasteiger charge is 2.34. The summed E-state index contributed by atoms with van der Waals surface area (Å²) in [6.45, 7) is -0.806. The molecular formula is C21H20O14S. The normalized spacial score (nSPS) is 15.1. The summed E-state index contributed by atoms with van der Waals surface area (Å²) in [6, 6.07) is 7.65. The van der Waals surface area contributed by atoms with Crippen LogP contribution in [0.15, 0.2) is 51.9 Å². The number of aliphatic hydroxyl groups excluding tert-OH is 4. The topological polar surface area (TPSA) is 241 Å². The van der Waals surface area contributed by atoms with Crippen molar-refractivity contribution in [2.24, 2.45) is 0 Å². The number of rotatable bonds is 10. The maximum absolute atomic E-state index is 13.1. The molecule has 0 bridgehead atoms. The van der Waals surface area contributed by atoms with E-state index in [1.54, 1.807) is 0 Å². The van der Waals surface area contributed by atoms with Gasteiger partial charge < -0.3 is 44.0 Å². The highest BCUT2D eigenvalue weighted by molar-refractivity contribution is 7.81. The highest BCUT2D eigenvalue weighted by Crippen LogP contribution is 2.36. The van der Waals surface area contributed by atoms with Crippen LogP contribution in [-0.2, 0) is 15.2 Å². The number of phenolic OH excluding ortho intramolecular Hbond substituents is 1. The Morgan fingerprint density at radius 3 is 2.28 bits per heavy atom. The van der Waals surface area contributed by atoms with Crippen molar-refractivity contribution in [3.8, 4) is 28.4 Å². The molecule has 0 saturated heterocycles. The molecule has 0 aliphatic rings. The number of carbonyl (C=O) groups is 1. The molecule has 0 radical (unpaired) electrons. The summed E-state index contributed by atoms with van der Waals surface area (Å²) in [4.78, 5) is 23.9. The van der Waals surface area contributed by atoms with E-state index in [4.69, 9.17) is 18.8 Å². The van der Waals surface area contributed by atoms with Crippen LogP contribution in [0.4, 0.5) is 0 Å². The van der Waals surface area contributed by atoms with E-state index in [0.717, 1.165) is 18.4 Å². The second kappa shape index (κ2) is 10.5. The Morgan fingerprint density at radius 1 is 0.972 bits per heavy atom. The average Bonchev–Trinajstić information content (AvgIpc) is 2.81. The Labute approximate surface area is 201 Å². The Bertz CT molecular complexity index is 1430. The largest absolute Gasteiger partial charge is 0.504 e. The van der Waals surface area contributed by atoms with Crippen molar-refractivity contribution in [1.29, 1.82) is 0 Å². The first-order valence-electron chi connectivity index (χ1n) is 9.93. The van der Waals surface area contributed by atoms with Gasteiger partial charge in [0.15, 0.2) is 23.4 Å². The second-order valence-corrected chi connectivity index (χ2v) is 8.44. The van der Waals surface area contributed by atoms with Crippen LogP contribution in [-0.4, -0.2) is 80.6 Å². The molecule has 0 aliphatic carbocycles. The Morgan fingerprint density at radius 2 is 1.64 bits per heavy atom. The van der Waals surface area contributed by atoms with Gasteiger partial charge in [0.25, 0.3) is 0 Å². The van der Waals surface area contributed by atoms with E-state index in [2.05, 4.69) is 4.18 Å².